The van der Waals surface area contributed by atoms with E-state index in [-0.39, 0.29) is 0 Å². The van der Waals surface area contributed by atoms with Gasteiger partial charge in [-0.1, -0.05) is 44.4 Å². The fourth-order valence-electron chi connectivity index (χ4n) is 4.39. The van der Waals surface area contributed by atoms with Gasteiger partial charge in [-0.25, -0.2) is 0 Å². The van der Waals surface area contributed by atoms with Crippen molar-refractivity contribution in [1.29, 1.82) is 0 Å². The van der Waals surface area contributed by atoms with Crippen LogP contribution >= 0.6 is 0 Å². The summed E-state index contributed by atoms with van der Waals surface area (Å²) in [5.74, 6) is 2.87. The van der Waals surface area contributed by atoms with Gasteiger partial charge in [0.25, 0.3) is 0 Å². The third-order valence-corrected chi connectivity index (χ3v) is 5.98. The molecule has 0 aliphatic heterocycles. The van der Waals surface area contributed by atoms with Gasteiger partial charge in [0.05, 0.1) is 12.7 Å². The molecule has 0 aromatic heterocycles. The van der Waals surface area contributed by atoms with Crippen LogP contribution in [0.5, 0.6) is 0 Å². The van der Waals surface area contributed by atoms with Gasteiger partial charge in [-0.15, -0.1) is 6.58 Å². The third kappa shape index (κ3) is 7.25. The summed E-state index contributed by atoms with van der Waals surface area (Å²) in [5.41, 5.74) is 0. The van der Waals surface area contributed by atoms with Gasteiger partial charge < -0.3 is 4.74 Å². The molecule has 2 saturated carbocycles. The Morgan fingerprint density at radius 1 is 0.913 bits per heavy atom. The molecular weight excluding hydrogens is 280 g/mol. The van der Waals surface area contributed by atoms with Crippen LogP contribution in [0, 0.1) is 17.8 Å². The van der Waals surface area contributed by atoms with Crippen LogP contribution in [0.3, 0.4) is 0 Å². The highest BCUT2D eigenvalue weighted by Crippen LogP contribution is 2.36. The maximum absolute atomic E-state index is 5.80. The van der Waals surface area contributed by atoms with Gasteiger partial charge >= 0.3 is 0 Å². The first kappa shape index (κ1) is 18.8. The van der Waals surface area contributed by atoms with E-state index in [1.54, 1.807) is 0 Å². The summed E-state index contributed by atoms with van der Waals surface area (Å²) in [6, 6.07) is 0. The van der Waals surface area contributed by atoms with E-state index >= 15 is 0 Å². The molecule has 0 saturated heterocycles. The zero-order valence-electron chi connectivity index (χ0n) is 15.3. The molecule has 0 atom stereocenters. The fraction of sp³-hybridized carbons (Fsp3) is 0.818. The van der Waals surface area contributed by atoms with Crippen molar-refractivity contribution >= 4 is 0 Å². The third-order valence-electron chi connectivity index (χ3n) is 5.98. The van der Waals surface area contributed by atoms with Crippen molar-refractivity contribution in [3.63, 3.8) is 0 Å². The molecule has 132 valence electrons. The van der Waals surface area contributed by atoms with Crippen molar-refractivity contribution in [3.8, 4) is 0 Å². The van der Waals surface area contributed by atoms with Crippen molar-refractivity contribution in [2.45, 2.75) is 90.1 Å². The van der Waals surface area contributed by atoms with E-state index in [0.29, 0.717) is 6.10 Å². The first-order chi connectivity index (χ1) is 11.3. The van der Waals surface area contributed by atoms with Crippen LogP contribution in [-0.2, 0) is 4.74 Å². The maximum atomic E-state index is 5.80. The van der Waals surface area contributed by atoms with Gasteiger partial charge in [-0.3, -0.25) is 0 Å². The summed E-state index contributed by atoms with van der Waals surface area (Å²) in [5, 5.41) is 0. The van der Waals surface area contributed by atoms with Gasteiger partial charge in [-0.2, -0.15) is 0 Å². The molecule has 1 nitrogen and oxygen atoms in total. The minimum absolute atomic E-state index is 0.509. The zero-order valence-corrected chi connectivity index (χ0v) is 15.3. The molecule has 1 heteroatoms. The van der Waals surface area contributed by atoms with E-state index in [0.717, 1.165) is 24.4 Å². The van der Waals surface area contributed by atoms with E-state index in [2.05, 4.69) is 25.7 Å². The Hall–Kier alpha value is -0.560. The largest absolute Gasteiger partial charge is 0.374 e. The highest BCUT2D eigenvalue weighted by molar-refractivity contribution is 4.91. The predicted molar refractivity (Wildman–Crippen MR) is 101 cm³/mol. The Balaban J connectivity index is 1.55. The van der Waals surface area contributed by atoms with E-state index < -0.39 is 0 Å². The summed E-state index contributed by atoms with van der Waals surface area (Å²) in [6.45, 7) is 6.73. The quantitative estimate of drug-likeness (QED) is 0.430. The topological polar surface area (TPSA) is 9.23 Å². The molecule has 2 aliphatic carbocycles. The second-order valence-electron chi connectivity index (χ2n) is 7.84. The van der Waals surface area contributed by atoms with Crippen LogP contribution in [0.1, 0.15) is 84.0 Å². The number of hydrogen-bond acceptors (Lipinski definition) is 1. The van der Waals surface area contributed by atoms with Crippen molar-refractivity contribution in [3.05, 3.63) is 24.8 Å². The lowest BCUT2D eigenvalue weighted by Gasteiger charge is -2.31. The van der Waals surface area contributed by atoms with E-state index in [4.69, 9.17) is 4.74 Å². The molecule has 0 radical (unpaired) electrons. The van der Waals surface area contributed by atoms with Crippen LogP contribution in [-0.4, -0.2) is 12.7 Å². The maximum Gasteiger partial charge on any atom is 0.0648 e. The van der Waals surface area contributed by atoms with Crippen LogP contribution in [0.25, 0.3) is 0 Å². The Bertz CT molecular complexity index is 330. The summed E-state index contributed by atoms with van der Waals surface area (Å²) in [6.07, 6.45) is 23.9. The molecular formula is C22H38O. The van der Waals surface area contributed by atoms with Gasteiger partial charge in [-0.05, 0) is 75.5 Å². The number of rotatable bonds is 9. The van der Waals surface area contributed by atoms with Crippen LogP contribution in [0.4, 0.5) is 0 Å². The van der Waals surface area contributed by atoms with Crippen molar-refractivity contribution in [2.75, 3.05) is 6.61 Å². The highest BCUT2D eigenvalue weighted by atomic mass is 16.5. The smallest absolute Gasteiger partial charge is 0.0648 e. The fourth-order valence-corrected chi connectivity index (χ4v) is 4.39. The van der Waals surface area contributed by atoms with Crippen LogP contribution < -0.4 is 0 Å². The first-order valence-electron chi connectivity index (χ1n) is 10.2. The van der Waals surface area contributed by atoms with Crippen molar-refractivity contribution < 1.29 is 4.74 Å². The summed E-state index contributed by atoms with van der Waals surface area (Å²) >= 11 is 0. The van der Waals surface area contributed by atoms with Crippen LogP contribution in [0.2, 0.25) is 0 Å². The highest BCUT2D eigenvalue weighted by Gasteiger charge is 2.24. The Morgan fingerprint density at radius 3 is 2.09 bits per heavy atom. The molecule has 0 aromatic carbocycles. The molecule has 0 spiro atoms. The Kier molecular flexibility index (Phi) is 9.04. The van der Waals surface area contributed by atoms with E-state index in [1.165, 1.54) is 77.0 Å². The average molecular weight is 319 g/mol. The molecule has 0 heterocycles. The second-order valence-corrected chi connectivity index (χ2v) is 7.84. The number of unbranched alkanes of at least 4 members (excludes halogenated alkanes) is 1. The molecule has 0 bridgehead atoms. The average Bonchev–Trinajstić information content (AvgIpc) is 2.60. The lowest BCUT2D eigenvalue weighted by molar-refractivity contribution is 0.0327. The van der Waals surface area contributed by atoms with Gasteiger partial charge in [0.2, 0.25) is 0 Å². The molecule has 0 unspecified atom stereocenters. The lowest BCUT2D eigenvalue weighted by Crippen LogP contribution is -2.22. The number of hydrogen-bond donors (Lipinski definition) is 0. The molecule has 2 aliphatic rings. The SMILES string of the molecule is C=CCOC1CCC(CCC2CCC(/C=C/CCC)CC2)CC1. The first-order valence-corrected chi connectivity index (χ1v) is 10.2. The molecule has 0 aromatic rings. The molecule has 2 rings (SSSR count). The lowest BCUT2D eigenvalue weighted by atomic mass is 9.77. The Morgan fingerprint density at radius 2 is 1.52 bits per heavy atom. The standard InChI is InChI=1S/C22H38O/c1-3-5-6-7-19-8-10-20(11-9-19)12-13-21-14-16-22(17-15-21)23-18-4-2/h4,6-7,19-22H,2-3,5,8-18H2,1H3/b7-6+. The summed E-state index contributed by atoms with van der Waals surface area (Å²) in [4.78, 5) is 0. The predicted octanol–water partition coefficient (Wildman–Crippen LogP) is 6.69. The summed E-state index contributed by atoms with van der Waals surface area (Å²) < 4.78 is 5.80. The zero-order chi connectivity index (χ0) is 16.3. The molecule has 23 heavy (non-hydrogen) atoms. The van der Waals surface area contributed by atoms with Gasteiger partial charge in [0, 0.05) is 0 Å². The second kappa shape index (κ2) is 11.1. The molecule has 0 N–H and O–H groups in total. The Labute approximate surface area is 144 Å². The molecule has 2 fully saturated rings. The van der Waals surface area contributed by atoms with E-state index in [9.17, 15) is 0 Å². The normalized spacial score (nSPS) is 32.2. The minimum atomic E-state index is 0.509. The monoisotopic (exact) mass is 318 g/mol. The van der Waals surface area contributed by atoms with Crippen molar-refractivity contribution in [1.82, 2.24) is 0 Å². The minimum Gasteiger partial charge on any atom is -0.374 e. The van der Waals surface area contributed by atoms with Crippen LogP contribution in [0.15, 0.2) is 24.8 Å². The molecule has 0 amide bonds. The van der Waals surface area contributed by atoms with Crippen molar-refractivity contribution in [2.24, 2.45) is 17.8 Å². The number of allylic oxidation sites excluding steroid dienone is 2. The number of ether oxygens (including phenoxy) is 1. The van der Waals surface area contributed by atoms with E-state index in [1.807, 2.05) is 6.08 Å². The summed E-state index contributed by atoms with van der Waals surface area (Å²) in [7, 11) is 0. The van der Waals surface area contributed by atoms with Gasteiger partial charge in [0.15, 0.2) is 0 Å². The van der Waals surface area contributed by atoms with Gasteiger partial charge in [0.1, 0.15) is 0 Å².